The smallest absolute Gasteiger partial charge is 0.276 e. The number of nitrogens with two attached hydrogens (primary N) is 1. The molecule has 0 spiro atoms. The average Bonchev–Trinajstić information content (AvgIpc) is 3.08. The number of rotatable bonds is 4. The number of H-pyrrole nitrogens is 1. The zero-order valence-corrected chi connectivity index (χ0v) is 10.8. The first-order chi connectivity index (χ1) is 9.76. The molecule has 0 saturated carbocycles. The van der Waals surface area contributed by atoms with E-state index in [0.717, 1.165) is 11.3 Å². The molecule has 0 bridgehead atoms. The Hall–Kier alpha value is -2.83. The van der Waals surface area contributed by atoms with Crippen LogP contribution < -0.4 is 10.5 Å². The molecule has 102 valence electrons. The Bertz CT molecular complexity index is 719. The monoisotopic (exact) mass is 271 g/mol. The number of nitrogen functional groups attached to an aromatic ring is 1. The van der Waals surface area contributed by atoms with Gasteiger partial charge in [-0.15, -0.1) is 0 Å². The van der Waals surface area contributed by atoms with Crippen LogP contribution in [0.15, 0.2) is 34.9 Å². The van der Waals surface area contributed by atoms with Gasteiger partial charge in [-0.2, -0.15) is 10.1 Å². The van der Waals surface area contributed by atoms with Crippen LogP contribution in [0.2, 0.25) is 0 Å². The number of anilines is 1. The lowest BCUT2D eigenvalue weighted by molar-refractivity contribution is 0.408. The van der Waals surface area contributed by atoms with Crippen molar-refractivity contribution in [2.45, 2.75) is 6.42 Å². The topological polar surface area (TPSA) is 103 Å². The fourth-order valence-electron chi connectivity index (χ4n) is 1.90. The van der Waals surface area contributed by atoms with Crippen LogP contribution in [0.4, 0.5) is 5.82 Å². The van der Waals surface area contributed by atoms with E-state index >= 15 is 0 Å². The maximum absolute atomic E-state index is 5.54. The SMILES string of the molecule is COc1ccccc1Cc1noc(-c2cc(N)n[nH]2)n1. The minimum Gasteiger partial charge on any atom is -0.496 e. The molecular formula is C13H13N5O2. The molecule has 3 aromatic rings. The Morgan fingerprint density at radius 1 is 1.35 bits per heavy atom. The molecule has 2 aromatic heterocycles. The number of ether oxygens (including phenoxy) is 1. The predicted octanol–water partition coefficient (Wildman–Crippen LogP) is 1.64. The van der Waals surface area contributed by atoms with Crippen LogP contribution in [-0.2, 0) is 6.42 Å². The summed E-state index contributed by atoms with van der Waals surface area (Å²) in [7, 11) is 1.63. The summed E-state index contributed by atoms with van der Waals surface area (Å²) in [5.74, 6) is 2.10. The first kappa shape index (κ1) is 12.2. The van der Waals surface area contributed by atoms with E-state index in [4.69, 9.17) is 15.0 Å². The van der Waals surface area contributed by atoms with E-state index in [-0.39, 0.29) is 0 Å². The van der Waals surface area contributed by atoms with Crippen molar-refractivity contribution in [3.63, 3.8) is 0 Å². The van der Waals surface area contributed by atoms with Crippen LogP contribution in [0, 0.1) is 0 Å². The third-order valence-electron chi connectivity index (χ3n) is 2.84. The van der Waals surface area contributed by atoms with Gasteiger partial charge in [0.25, 0.3) is 5.89 Å². The Morgan fingerprint density at radius 2 is 2.20 bits per heavy atom. The highest BCUT2D eigenvalue weighted by atomic mass is 16.5. The molecular weight excluding hydrogens is 258 g/mol. The van der Waals surface area contributed by atoms with Gasteiger partial charge >= 0.3 is 0 Å². The van der Waals surface area contributed by atoms with Gasteiger partial charge in [-0.3, -0.25) is 5.10 Å². The van der Waals surface area contributed by atoms with Crippen molar-refractivity contribution in [3.8, 4) is 17.3 Å². The van der Waals surface area contributed by atoms with E-state index in [1.807, 2.05) is 24.3 Å². The molecule has 0 aliphatic rings. The molecule has 3 rings (SSSR count). The Kier molecular flexibility index (Phi) is 3.08. The first-order valence-electron chi connectivity index (χ1n) is 6.02. The van der Waals surface area contributed by atoms with Crippen LogP contribution in [0.1, 0.15) is 11.4 Å². The highest BCUT2D eigenvalue weighted by molar-refractivity contribution is 5.51. The summed E-state index contributed by atoms with van der Waals surface area (Å²) >= 11 is 0. The molecule has 0 unspecified atom stereocenters. The number of para-hydroxylation sites is 1. The number of nitrogens with one attached hydrogen (secondary N) is 1. The van der Waals surface area contributed by atoms with Crippen molar-refractivity contribution in [1.82, 2.24) is 20.3 Å². The van der Waals surface area contributed by atoms with E-state index in [1.54, 1.807) is 13.2 Å². The van der Waals surface area contributed by atoms with Crippen molar-refractivity contribution in [3.05, 3.63) is 41.7 Å². The third kappa shape index (κ3) is 2.33. The van der Waals surface area contributed by atoms with Gasteiger partial charge in [0, 0.05) is 18.1 Å². The van der Waals surface area contributed by atoms with E-state index < -0.39 is 0 Å². The number of aromatic nitrogens is 4. The average molecular weight is 271 g/mol. The largest absolute Gasteiger partial charge is 0.496 e. The van der Waals surface area contributed by atoms with Crippen LogP contribution in [0.3, 0.4) is 0 Å². The summed E-state index contributed by atoms with van der Waals surface area (Å²) in [6, 6.07) is 9.35. The van der Waals surface area contributed by atoms with Crippen molar-refractivity contribution in [2.75, 3.05) is 12.8 Å². The van der Waals surface area contributed by atoms with Crippen LogP contribution >= 0.6 is 0 Å². The molecule has 0 aliphatic heterocycles. The summed E-state index contributed by atoms with van der Waals surface area (Å²) in [5, 5.41) is 10.5. The molecule has 0 saturated heterocycles. The van der Waals surface area contributed by atoms with E-state index in [2.05, 4.69) is 20.3 Å². The lowest BCUT2D eigenvalue weighted by atomic mass is 10.1. The minimum absolute atomic E-state index is 0.360. The van der Waals surface area contributed by atoms with Gasteiger partial charge in [0.15, 0.2) is 5.82 Å². The lowest BCUT2D eigenvalue weighted by Crippen LogP contribution is -1.95. The number of benzene rings is 1. The highest BCUT2D eigenvalue weighted by Gasteiger charge is 2.13. The summed E-state index contributed by atoms with van der Waals surface area (Å²) < 4.78 is 10.5. The molecule has 7 heteroatoms. The molecule has 0 fully saturated rings. The van der Waals surface area contributed by atoms with Gasteiger partial charge in [-0.05, 0) is 6.07 Å². The molecule has 3 N–H and O–H groups in total. The van der Waals surface area contributed by atoms with Crippen LogP contribution in [0.5, 0.6) is 5.75 Å². The minimum atomic E-state index is 0.360. The predicted molar refractivity (Wildman–Crippen MR) is 72.1 cm³/mol. The van der Waals surface area contributed by atoms with Crippen molar-refractivity contribution >= 4 is 5.82 Å². The maximum atomic E-state index is 5.54. The Balaban J connectivity index is 1.84. The second kappa shape index (κ2) is 5.04. The number of hydrogen-bond acceptors (Lipinski definition) is 6. The van der Waals surface area contributed by atoms with Gasteiger partial charge in [0.05, 0.1) is 7.11 Å². The normalized spacial score (nSPS) is 10.7. The summed E-state index contributed by atoms with van der Waals surface area (Å²) in [4.78, 5) is 4.30. The molecule has 1 aromatic carbocycles. The van der Waals surface area contributed by atoms with Gasteiger partial charge in [0.1, 0.15) is 17.3 Å². The molecule has 0 aliphatic carbocycles. The quantitative estimate of drug-likeness (QED) is 0.747. The first-order valence-corrected chi connectivity index (χ1v) is 6.02. The molecule has 2 heterocycles. The van der Waals surface area contributed by atoms with Crippen LogP contribution in [0.25, 0.3) is 11.6 Å². The Morgan fingerprint density at radius 3 is 2.95 bits per heavy atom. The highest BCUT2D eigenvalue weighted by Crippen LogP contribution is 2.21. The number of hydrogen-bond donors (Lipinski definition) is 2. The zero-order valence-electron chi connectivity index (χ0n) is 10.8. The molecule has 0 radical (unpaired) electrons. The van der Waals surface area contributed by atoms with Crippen LogP contribution in [-0.4, -0.2) is 27.4 Å². The molecule has 7 nitrogen and oxygen atoms in total. The van der Waals surface area contributed by atoms with Gasteiger partial charge in [0.2, 0.25) is 0 Å². The van der Waals surface area contributed by atoms with Gasteiger partial charge in [-0.25, -0.2) is 0 Å². The van der Waals surface area contributed by atoms with Crippen molar-refractivity contribution in [1.29, 1.82) is 0 Å². The fourth-order valence-corrected chi connectivity index (χ4v) is 1.90. The molecule has 0 amide bonds. The van der Waals surface area contributed by atoms with Gasteiger partial charge in [-0.1, -0.05) is 23.4 Å². The van der Waals surface area contributed by atoms with Gasteiger partial charge < -0.3 is 15.0 Å². The van der Waals surface area contributed by atoms with Crippen molar-refractivity contribution < 1.29 is 9.26 Å². The number of nitrogens with zero attached hydrogens (tertiary/aromatic N) is 3. The second-order valence-corrected chi connectivity index (χ2v) is 4.21. The number of methoxy groups -OCH3 is 1. The fraction of sp³-hybridized carbons (Fsp3) is 0.154. The number of aromatic amines is 1. The maximum Gasteiger partial charge on any atom is 0.276 e. The second-order valence-electron chi connectivity index (χ2n) is 4.21. The third-order valence-corrected chi connectivity index (χ3v) is 2.84. The summed E-state index contributed by atoms with van der Waals surface area (Å²) in [5.41, 5.74) is 7.13. The molecule has 20 heavy (non-hydrogen) atoms. The zero-order chi connectivity index (χ0) is 13.9. The van der Waals surface area contributed by atoms with E-state index in [9.17, 15) is 0 Å². The summed E-state index contributed by atoms with van der Waals surface area (Å²) in [6.07, 6.45) is 0.525. The molecule has 0 atom stereocenters. The summed E-state index contributed by atoms with van der Waals surface area (Å²) in [6.45, 7) is 0. The standard InChI is InChI=1S/C13H13N5O2/c1-19-10-5-3-2-4-8(10)6-12-15-13(20-18-12)9-7-11(14)17-16-9/h2-5,7H,6H2,1H3,(H3,14,16,17). The van der Waals surface area contributed by atoms with E-state index in [0.29, 0.717) is 29.6 Å². The van der Waals surface area contributed by atoms with Crippen molar-refractivity contribution in [2.24, 2.45) is 0 Å². The Labute approximate surface area is 114 Å². The van der Waals surface area contributed by atoms with E-state index in [1.165, 1.54) is 0 Å². The lowest BCUT2D eigenvalue weighted by Gasteiger charge is -2.04.